The number of hydrogen-bond acceptors (Lipinski definition) is 3. The van der Waals surface area contributed by atoms with Crippen molar-refractivity contribution in [2.45, 2.75) is 31.2 Å². The highest BCUT2D eigenvalue weighted by Gasteiger charge is 2.38. The molecule has 3 rings (SSSR count). The second-order valence-corrected chi connectivity index (χ2v) is 7.63. The van der Waals surface area contributed by atoms with Crippen LogP contribution < -0.4 is 5.32 Å². The molecule has 11 heteroatoms. The number of benzene rings is 1. The summed E-state index contributed by atoms with van der Waals surface area (Å²) >= 11 is 1.36. The van der Waals surface area contributed by atoms with Crippen molar-refractivity contribution in [3.05, 3.63) is 57.3 Å². The smallest absolute Gasteiger partial charge is 0.349 e. The summed E-state index contributed by atoms with van der Waals surface area (Å²) in [6, 6.07) is 2.27. The summed E-state index contributed by atoms with van der Waals surface area (Å²) in [5.41, 5.74) is -3.22. The Morgan fingerprint density at radius 1 is 0.933 bits per heavy atom. The van der Waals surface area contributed by atoms with Crippen molar-refractivity contribution in [2.24, 2.45) is 0 Å². The molecule has 4 nitrogen and oxygen atoms in total. The summed E-state index contributed by atoms with van der Waals surface area (Å²) in [6.07, 6.45) is -9.36. The zero-order valence-corrected chi connectivity index (χ0v) is 16.1. The number of rotatable bonds is 3. The van der Waals surface area contributed by atoms with E-state index in [1.807, 2.05) is 0 Å². The molecule has 2 amide bonds. The normalized spacial score (nSPS) is 15.9. The van der Waals surface area contributed by atoms with Gasteiger partial charge in [0, 0.05) is 35.6 Å². The van der Waals surface area contributed by atoms with Gasteiger partial charge in [-0.05, 0) is 42.5 Å². The molecule has 1 N–H and O–H groups in total. The second kappa shape index (κ2) is 8.29. The van der Waals surface area contributed by atoms with Crippen LogP contribution in [0.2, 0.25) is 0 Å². The summed E-state index contributed by atoms with van der Waals surface area (Å²) in [5, 5.41) is 6.24. The third kappa shape index (κ3) is 5.13. The van der Waals surface area contributed by atoms with E-state index >= 15 is 0 Å². The van der Waals surface area contributed by atoms with Gasteiger partial charge in [0.1, 0.15) is 0 Å². The van der Waals surface area contributed by atoms with Crippen molar-refractivity contribution in [3.8, 4) is 0 Å². The Kier molecular flexibility index (Phi) is 6.11. The predicted molar refractivity (Wildman–Crippen MR) is 97.2 cm³/mol. The van der Waals surface area contributed by atoms with Gasteiger partial charge in [-0.25, -0.2) is 0 Å². The van der Waals surface area contributed by atoms with Crippen molar-refractivity contribution >= 4 is 23.2 Å². The fraction of sp³-hybridized carbons (Fsp3) is 0.368. The largest absolute Gasteiger partial charge is 0.416 e. The lowest BCUT2D eigenvalue weighted by atomic mass is 10.0. The number of carbonyl (C=O) groups excluding carboxylic acids is 2. The van der Waals surface area contributed by atoms with E-state index in [0.29, 0.717) is 30.5 Å². The SMILES string of the molecule is O=C(NC1CCN(C(=O)c2cc(C(F)(F)F)cc(C(F)(F)F)c2)CC1)c1ccsc1. The van der Waals surface area contributed by atoms with Crippen LogP contribution in [-0.2, 0) is 12.4 Å². The number of alkyl halides is 6. The van der Waals surface area contributed by atoms with E-state index in [9.17, 15) is 35.9 Å². The number of likely N-dealkylation sites (tertiary alicyclic amines) is 1. The quantitative estimate of drug-likeness (QED) is 0.682. The summed E-state index contributed by atoms with van der Waals surface area (Å²) in [7, 11) is 0. The van der Waals surface area contributed by atoms with Crippen LogP contribution in [0.5, 0.6) is 0 Å². The average molecular weight is 450 g/mol. The number of halogens is 6. The van der Waals surface area contributed by atoms with Crippen LogP contribution in [0.25, 0.3) is 0 Å². The van der Waals surface area contributed by atoms with Gasteiger partial charge in [-0.15, -0.1) is 0 Å². The number of hydrogen-bond donors (Lipinski definition) is 1. The molecule has 0 unspecified atom stereocenters. The minimum atomic E-state index is -5.02. The Balaban J connectivity index is 1.71. The van der Waals surface area contributed by atoms with Crippen LogP contribution in [0.4, 0.5) is 26.3 Å². The van der Waals surface area contributed by atoms with E-state index in [0.717, 1.165) is 0 Å². The highest BCUT2D eigenvalue weighted by Crippen LogP contribution is 2.36. The molecule has 0 spiro atoms. The highest BCUT2D eigenvalue weighted by molar-refractivity contribution is 7.08. The molecule has 0 saturated carbocycles. The molecular formula is C19H16F6N2O2S. The topological polar surface area (TPSA) is 49.4 Å². The highest BCUT2D eigenvalue weighted by atomic mass is 32.1. The van der Waals surface area contributed by atoms with Crippen LogP contribution in [0.1, 0.15) is 44.7 Å². The summed E-state index contributed by atoms with van der Waals surface area (Å²) in [6.45, 7) is 0.204. The van der Waals surface area contributed by atoms with Crippen LogP contribution in [0.3, 0.4) is 0 Å². The van der Waals surface area contributed by atoms with E-state index in [1.54, 1.807) is 16.8 Å². The van der Waals surface area contributed by atoms with Crippen molar-refractivity contribution < 1.29 is 35.9 Å². The molecule has 0 aliphatic carbocycles. The molecule has 1 fully saturated rings. The monoisotopic (exact) mass is 450 g/mol. The number of carbonyl (C=O) groups is 2. The Morgan fingerprint density at radius 3 is 1.97 bits per heavy atom. The first kappa shape index (κ1) is 22.1. The second-order valence-electron chi connectivity index (χ2n) is 6.85. The number of piperidine rings is 1. The maximum absolute atomic E-state index is 13.0. The number of amides is 2. The lowest BCUT2D eigenvalue weighted by molar-refractivity contribution is -0.143. The zero-order valence-electron chi connectivity index (χ0n) is 15.3. The molecule has 0 atom stereocenters. The van der Waals surface area contributed by atoms with Gasteiger partial charge in [-0.3, -0.25) is 9.59 Å². The van der Waals surface area contributed by atoms with Gasteiger partial charge in [-0.2, -0.15) is 37.7 Å². The molecular weight excluding hydrogens is 434 g/mol. The minimum absolute atomic E-state index is 0.0109. The van der Waals surface area contributed by atoms with E-state index in [4.69, 9.17) is 0 Å². The summed E-state index contributed by atoms with van der Waals surface area (Å²) in [5.74, 6) is -1.18. The van der Waals surface area contributed by atoms with Crippen molar-refractivity contribution in [3.63, 3.8) is 0 Å². The molecule has 2 aromatic rings. The van der Waals surface area contributed by atoms with Gasteiger partial charge in [-0.1, -0.05) is 0 Å². The van der Waals surface area contributed by atoms with Crippen LogP contribution in [-0.4, -0.2) is 35.8 Å². The Hall–Kier alpha value is -2.56. The fourth-order valence-corrected chi connectivity index (χ4v) is 3.79. The molecule has 0 bridgehead atoms. The van der Waals surface area contributed by atoms with Crippen LogP contribution in [0, 0.1) is 0 Å². The first-order chi connectivity index (χ1) is 13.9. The standard InChI is InChI=1S/C19H16F6N2O2S/c20-18(21,22)13-7-12(8-14(9-13)19(23,24)25)17(29)27-4-1-15(2-5-27)26-16(28)11-3-6-30-10-11/h3,6-10,15H,1-2,4-5H2,(H,26,28). The molecule has 1 aliphatic heterocycles. The van der Waals surface area contributed by atoms with Crippen LogP contribution >= 0.6 is 11.3 Å². The van der Waals surface area contributed by atoms with Gasteiger partial charge < -0.3 is 10.2 Å². The van der Waals surface area contributed by atoms with E-state index in [2.05, 4.69) is 5.32 Å². The van der Waals surface area contributed by atoms with Crippen LogP contribution in [0.15, 0.2) is 35.0 Å². The van der Waals surface area contributed by atoms with Crippen molar-refractivity contribution in [1.82, 2.24) is 10.2 Å². The maximum atomic E-state index is 13.0. The van der Waals surface area contributed by atoms with Gasteiger partial charge >= 0.3 is 12.4 Å². The van der Waals surface area contributed by atoms with Gasteiger partial charge in [0.15, 0.2) is 0 Å². The van der Waals surface area contributed by atoms with Gasteiger partial charge in [0.05, 0.1) is 11.1 Å². The third-order valence-electron chi connectivity index (χ3n) is 4.74. The lowest BCUT2D eigenvalue weighted by Crippen LogP contribution is -2.46. The van der Waals surface area contributed by atoms with E-state index in [1.165, 1.54) is 16.2 Å². The van der Waals surface area contributed by atoms with Gasteiger partial charge in [0.2, 0.25) is 0 Å². The van der Waals surface area contributed by atoms with Gasteiger partial charge in [0.25, 0.3) is 11.8 Å². The first-order valence-electron chi connectivity index (χ1n) is 8.87. The molecule has 2 heterocycles. The molecule has 1 aromatic carbocycles. The van der Waals surface area contributed by atoms with E-state index in [-0.39, 0.29) is 31.1 Å². The zero-order chi connectivity index (χ0) is 22.1. The Morgan fingerprint density at radius 2 is 1.50 bits per heavy atom. The fourth-order valence-electron chi connectivity index (χ4n) is 3.15. The molecule has 1 aromatic heterocycles. The van der Waals surface area contributed by atoms with E-state index < -0.39 is 35.0 Å². The first-order valence-corrected chi connectivity index (χ1v) is 9.81. The molecule has 1 saturated heterocycles. The van der Waals surface area contributed by atoms with Crippen molar-refractivity contribution in [2.75, 3.05) is 13.1 Å². The average Bonchev–Trinajstić information content (AvgIpc) is 3.21. The molecule has 0 radical (unpaired) electrons. The molecule has 30 heavy (non-hydrogen) atoms. The summed E-state index contributed by atoms with van der Waals surface area (Å²) < 4.78 is 78.0. The number of nitrogens with one attached hydrogen (secondary N) is 1. The lowest BCUT2D eigenvalue weighted by Gasteiger charge is -2.32. The summed E-state index contributed by atoms with van der Waals surface area (Å²) in [4.78, 5) is 25.9. The van der Waals surface area contributed by atoms with Crippen molar-refractivity contribution in [1.29, 1.82) is 0 Å². The number of nitrogens with zero attached hydrogens (tertiary/aromatic N) is 1. The number of thiophene rings is 1. The maximum Gasteiger partial charge on any atom is 0.416 e. The molecule has 162 valence electrons. The minimum Gasteiger partial charge on any atom is -0.349 e. The molecule has 1 aliphatic rings. The third-order valence-corrected chi connectivity index (χ3v) is 5.42. The Labute approximate surface area is 171 Å². The predicted octanol–water partition coefficient (Wildman–Crippen LogP) is 4.82. The Bertz CT molecular complexity index is 884.